The minimum absolute atomic E-state index is 0.0307. The van der Waals surface area contributed by atoms with Gasteiger partial charge >= 0.3 is 0 Å². The largest absolute Gasteiger partial charge is 0.348 e. The summed E-state index contributed by atoms with van der Waals surface area (Å²) in [7, 11) is 0. The van der Waals surface area contributed by atoms with Crippen LogP contribution in [0, 0.1) is 6.92 Å². The van der Waals surface area contributed by atoms with E-state index >= 15 is 0 Å². The SMILES string of the molecule is Cc1nccn1CC[C@H](NC(=O)CN1CCCC1)c1ccccc1. The van der Waals surface area contributed by atoms with E-state index in [0.717, 1.165) is 37.4 Å². The number of likely N-dealkylation sites (tertiary alicyclic amines) is 1. The Morgan fingerprint density at radius 2 is 2.00 bits per heavy atom. The Labute approximate surface area is 143 Å². The Bertz CT molecular complexity index is 646. The van der Waals surface area contributed by atoms with E-state index in [9.17, 15) is 4.79 Å². The molecule has 0 spiro atoms. The molecule has 1 fully saturated rings. The molecule has 1 atom stereocenters. The first-order chi connectivity index (χ1) is 11.7. The molecule has 5 nitrogen and oxygen atoms in total. The molecule has 1 amide bonds. The second-order valence-electron chi connectivity index (χ2n) is 6.47. The zero-order valence-electron chi connectivity index (χ0n) is 14.3. The number of hydrogen-bond donors (Lipinski definition) is 1. The molecule has 0 unspecified atom stereocenters. The molecule has 1 aliphatic rings. The summed E-state index contributed by atoms with van der Waals surface area (Å²) < 4.78 is 2.13. The number of nitrogens with zero attached hydrogens (tertiary/aromatic N) is 3. The number of imidazole rings is 1. The van der Waals surface area contributed by atoms with Crippen LogP contribution >= 0.6 is 0 Å². The number of amides is 1. The molecular formula is C19H26N4O. The van der Waals surface area contributed by atoms with Crippen LogP contribution in [0.3, 0.4) is 0 Å². The highest BCUT2D eigenvalue weighted by Crippen LogP contribution is 2.18. The number of nitrogens with one attached hydrogen (secondary N) is 1. The summed E-state index contributed by atoms with van der Waals surface area (Å²) >= 11 is 0. The summed E-state index contributed by atoms with van der Waals surface area (Å²) in [4.78, 5) is 18.9. The van der Waals surface area contributed by atoms with Crippen LogP contribution in [-0.2, 0) is 11.3 Å². The molecule has 1 N–H and O–H groups in total. The lowest BCUT2D eigenvalue weighted by Gasteiger charge is -2.22. The lowest BCUT2D eigenvalue weighted by atomic mass is 10.0. The van der Waals surface area contributed by atoms with Gasteiger partial charge in [0.25, 0.3) is 0 Å². The molecule has 1 aromatic heterocycles. The molecule has 5 heteroatoms. The van der Waals surface area contributed by atoms with Crippen molar-refractivity contribution in [3.63, 3.8) is 0 Å². The fourth-order valence-corrected chi connectivity index (χ4v) is 3.30. The highest BCUT2D eigenvalue weighted by molar-refractivity contribution is 5.78. The Balaban J connectivity index is 1.63. The van der Waals surface area contributed by atoms with Gasteiger partial charge in [-0.15, -0.1) is 0 Å². The molecule has 0 saturated carbocycles. The minimum Gasteiger partial charge on any atom is -0.348 e. The molecule has 0 aliphatic carbocycles. The van der Waals surface area contributed by atoms with Gasteiger partial charge in [0.05, 0.1) is 12.6 Å². The Morgan fingerprint density at radius 1 is 1.25 bits per heavy atom. The van der Waals surface area contributed by atoms with E-state index in [2.05, 4.69) is 31.9 Å². The predicted octanol–water partition coefficient (Wildman–Crippen LogP) is 2.53. The highest BCUT2D eigenvalue weighted by Gasteiger charge is 2.19. The van der Waals surface area contributed by atoms with E-state index in [0.29, 0.717) is 6.54 Å². The standard InChI is InChI=1S/C19H26N4O/c1-16-20-10-14-23(16)13-9-18(17-7-3-2-4-8-17)21-19(24)15-22-11-5-6-12-22/h2-4,7-8,10,14,18H,5-6,9,11-13,15H2,1H3,(H,21,24)/t18-/m0/s1. The summed E-state index contributed by atoms with van der Waals surface area (Å²) in [5.74, 6) is 1.12. The first kappa shape index (κ1) is 16.7. The molecule has 128 valence electrons. The summed E-state index contributed by atoms with van der Waals surface area (Å²) in [6.07, 6.45) is 7.07. The van der Waals surface area contributed by atoms with E-state index in [-0.39, 0.29) is 11.9 Å². The van der Waals surface area contributed by atoms with Crippen molar-refractivity contribution in [1.82, 2.24) is 19.8 Å². The zero-order chi connectivity index (χ0) is 16.8. The fourth-order valence-electron chi connectivity index (χ4n) is 3.30. The number of hydrogen-bond acceptors (Lipinski definition) is 3. The van der Waals surface area contributed by atoms with Crippen LogP contribution < -0.4 is 5.32 Å². The average molecular weight is 326 g/mol. The van der Waals surface area contributed by atoms with E-state index in [1.807, 2.05) is 37.5 Å². The van der Waals surface area contributed by atoms with Gasteiger partial charge in [0, 0.05) is 18.9 Å². The van der Waals surface area contributed by atoms with E-state index in [1.165, 1.54) is 12.8 Å². The molecule has 0 bridgehead atoms. The Kier molecular flexibility index (Phi) is 5.64. The number of carbonyl (C=O) groups excluding carboxylic acids is 1. The fraction of sp³-hybridized carbons (Fsp3) is 0.474. The summed E-state index contributed by atoms with van der Waals surface area (Å²) in [5.41, 5.74) is 1.16. The highest BCUT2D eigenvalue weighted by atomic mass is 16.2. The molecule has 2 heterocycles. The maximum absolute atomic E-state index is 12.4. The average Bonchev–Trinajstić information content (AvgIpc) is 3.24. The van der Waals surface area contributed by atoms with Crippen molar-refractivity contribution in [2.75, 3.05) is 19.6 Å². The van der Waals surface area contributed by atoms with Gasteiger partial charge in [0.1, 0.15) is 5.82 Å². The quantitative estimate of drug-likeness (QED) is 0.851. The van der Waals surface area contributed by atoms with Crippen molar-refractivity contribution in [2.45, 2.75) is 38.8 Å². The third-order valence-electron chi connectivity index (χ3n) is 4.69. The van der Waals surface area contributed by atoms with Crippen molar-refractivity contribution in [1.29, 1.82) is 0 Å². The van der Waals surface area contributed by atoms with Crippen molar-refractivity contribution in [3.05, 3.63) is 54.1 Å². The van der Waals surface area contributed by atoms with Crippen LogP contribution in [0.2, 0.25) is 0 Å². The number of aromatic nitrogens is 2. The van der Waals surface area contributed by atoms with Crippen molar-refractivity contribution < 1.29 is 4.79 Å². The van der Waals surface area contributed by atoms with E-state index in [4.69, 9.17) is 0 Å². The van der Waals surface area contributed by atoms with Gasteiger partial charge in [-0.1, -0.05) is 30.3 Å². The van der Waals surface area contributed by atoms with Gasteiger partial charge in [-0.25, -0.2) is 4.98 Å². The first-order valence-electron chi connectivity index (χ1n) is 8.77. The molecule has 1 aromatic carbocycles. The molecule has 1 aliphatic heterocycles. The number of aryl methyl sites for hydroxylation is 2. The first-order valence-corrected chi connectivity index (χ1v) is 8.77. The van der Waals surface area contributed by atoms with Gasteiger partial charge in [0.15, 0.2) is 0 Å². The molecule has 0 radical (unpaired) electrons. The summed E-state index contributed by atoms with van der Waals surface area (Å²) in [6, 6.07) is 10.3. The van der Waals surface area contributed by atoms with E-state index in [1.54, 1.807) is 0 Å². The number of carbonyl (C=O) groups is 1. The van der Waals surface area contributed by atoms with Crippen LogP contribution in [0.15, 0.2) is 42.7 Å². The minimum atomic E-state index is 0.0307. The lowest BCUT2D eigenvalue weighted by molar-refractivity contribution is -0.122. The smallest absolute Gasteiger partial charge is 0.234 e. The normalized spacial score (nSPS) is 16.2. The Morgan fingerprint density at radius 3 is 2.67 bits per heavy atom. The van der Waals surface area contributed by atoms with Gasteiger partial charge in [-0.3, -0.25) is 9.69 Å². The van der Waals surface area contributed by atoms with E-state index < -0.39 is 0 Å². The lowest BCUT2D eigenvalue weighted by Crippen LogP contribution is -2.38. The third-order valence-corrected chi connectivity index (χ3v) is 4.69. The predicted molar refractivity (Wildman–Crippen MR) is 94.6 cm³/mol. The van der Waals surface area contributed by atoms with Crippen LogP contribution in [-0.4, -0.2) is 40.0 Å². The van der Waals surface area contributed by atoms with Gasteiger partial charge < -0.3 is 9.88 Å². The topological polar surface area (TPSA) is 50.2 Å². The summed E-state index contributed by atoms with van der Waals surface area (Å²) in [6.45, 7) is 5.43. The number of benzene rings is 1. The van der Waals surface area contributed by atoms with Gasteiger partial charge in [-0.05, 0) is 44.8 Å². The molecule has 1 saturated heterocycles. The summed E-state index contributed by atoms with van der Waals surface area (Å²) in [5, 5.41) is 3.23. The molecule has 2 aromatic rings. The molecule has 3 rings (SSSR count). The monoisotopic (exact) mass is 326 g/mol. The Hall–Kier alpha value is -2.14. The van der Waals surface area contributed by atoms with Crippen molar-refractivity contribution in [2.24, 2.45) is 0 Å². The molecular weight excluding hydrogens is 300 g/mol. The third kappa shape index (κ3) is 4.45. The molecule has 24 heavy (non-hydrogen) atoms. The van der Waals surface area contributed by atoms with Crippen LogP contribution in [0.1, 0.15) is 36.7 Å². The maximum Gasteiger partial charge on any atom is 0.234 e. The van der Waals surface area contributed by atoms with Crippen molar-refractivity contribution in [3.8, 4) is 0 Å². The van der Waals surface area contributed by atoms with Gasteiger partial charge in [-0.2, -0.15) is 0 Å². The second kappa shape index (κ2) is 8.11. The van der Waals surface area contributed by atoms with Crippen LogP contribution in [0.4, 0.5) is 0 Å². The zero-order valence-corrected chi connectivity index (χ0v) is 14.3. The van der Waals surface area contributed by atoms with Gasteiger partial charge in [0.2, 0.25) is 5.91 Å². The van der Waals surface area contributed by atoms with Crippen LogP contribution in [0.25, 0.3) is 0 Å². The maximum atomic E-state index is 12.4. The van der Waals surface area contributed by atoms with Crippen molar-refractivity contribution >= 4 is 5.91 Å². The second-order valence-corrected chi connectivity index (χ2v) is 6.47. The number of rotatable bonds is 7. The van der Waals surface area contributed by atoms with Crippen LogP contribution in [0.5, 0.6) is 0 Å².